The molecule has 1 amide bonds. The Hall–Kier alpha value is -3.82. The Morgan fingerprint density at radius 1 is 1.13 bits per heavy atom. The molecule has 1 aliphatic carbocycles. The van der Waals surface area contributed by atoms with Gasteiger partial charge in [0, 0.05) is 17.1 Å². The molecule has 1 aromatic carbocycles. The number of nitrogens with two attached hydrogens (primary N) is 1. The summed E-state index contributed by atoms with van der Waals surface area (Å²) in [5.74, 6) is 0.649. The van der Waals surface area contributed by atoms with E-state index >= 15 is 0 Å². The van der Waals surface area contributed by atoms with Gasteiger partial charge in [0.1, 0.15) is 0 Å². The van der Waals surface area contributed by atoms with Crippen molar-refractivity contribution in [2.75, 3.05) is 5.32 Å². The lowest BCUT2D eigenvalue weighted by Crippen LogP contribution is -2.23. The zero-order chi connectivity index (χ0) is 21.8. The number of fused-ring (bicyclic) bond motifs is 2. The molecule has 5 rings (SSSR count). The van der Waals surface area contributed by atoms with Gasteiger partial charge in [0.2, 0.25) is 5.95 Å². The summed E-state index contributed by atoms with van der Waals surface area (Å²) < 4.78 is 1.77. The van der Waals surface area contributed by atoms with Crippen molar-refractivity contribution >= 4 is 34.1 Å². The smallest absolute Gasteiger partial charge is 0.402 e. The van der Waals surface area contributed by atoms with E-state index in [9.17, 15) is 0 Å². The average Bonchev–Trinajstić information content (AvgIpc) is 3.17. The van der Waals surface area contributed by atoms with Crippen LogP contribution < -0.4 is 11.1 Å². The molecule has 3 aromatic heterocycles. The van der Waals surface area contributed by atoms with Crippen molar-refractivity contribution in [3.05, 3.63) is 42.2 Å². The molecule has 0 saturated heterocycles. The molecule has 10 heteroatoms. The lowest BCUT2D eigenvalue weighted by molar-refractivity contribution is 0.205. The van der Waals surface area contributed by atoms with Crippen molar-refractivity contribution in [1.29, 1.82) is 0 Å². The van der Waals surface area contributed by atoms with E-state index in [1.807, 2.05) is 25.1 Å². The summed E-state index contributed by atoms with van der Waals surface area (Å²) in [6.07, 6.45) is 6.62. The van der Waals surface area contributed by atoms with Crippen LogP contribution in [0.25, 0.3) is 27.8 Å². The summed E-state index contributed by atoms with van der Waals surface area (Å²) in [6.45, 7) is 2.00. The number of hydrogen-bond donors (Lipinski definition) is 3. The van der Waals surface area contributed by atoms with Gasteiger partial charge in [-0.05, 0) is 44.0 Å². The third-order valence-electron chi connectivity index (χ3n) is 5.19. The summed E-state index contributed by atoms with van der Waals surface area (Å²) >= 11 is 0. The highest BCUT2D eigenvalue weighted by Crippen LogP contribution is 2.22. The molecular formula is C21H24N8O2. The first kappa shape index (κ1) is 20.5. The van der Waals surface area contributed by atoms with Crippen molar-refractivity contribution in [3.63, 3.8) is 0 Å². The van der Waals surface area contributed by atoms with E-state index in [1.165, 1.54) is 32.1 Å². The van der Waals surface area contributed by atoms with E-state index in [1.54, 1.807) is 10.9 Å². The Labute approximate surface area is 178 Å². The highest BCUT2D eigenvalue weighted by atomic mass is 16.4. The second-order valence-corrected chi connectivity index (χ2v) is 7.55. The molecule has 0 unspecified atom stereocenters. The van der Waals surface area contributed by atoms with Gasteiger partial charge in [0.25, 0.3) is 0 Å². The van der Waals surface area contributed by atoms with Crippen molar-refractivity contribution < 1.29 is 9.90 Å². The van der Waals surface area contributed by atoms with Gasteiger partial charge in [-0.2, -0.15) is 9.67 Å². The molecule has 0 spiro atoms. The number of carbonyl (C=O) groups is 1. The third kappa shape index (κ3) is 4.85. The molecular weight excluding hydrogens is 396 g/mol. The molecule has 31 heavy (non-hydrogen) atoms. The number of nitrogens with one attached hydrogen (secondary N) is 1. The highest BCUT2D eigenvalue weighted by Gasteiger charge is 2.16. The van der Waals surface area contributed by atoms with Crippen LogP contribution in [-0.4, -0.2) is 47.2 Å². The van der Waals surface area contributed by atoms with E-state index in [-0.39, 0.29) is 0 Å². The zero-order valence-electron chi connectivity index (χ0n) is 17.2. The quantitative estimate of drug-likeness (QED) is 0.457. The van der Waals surface area contributed by atoms with Crippen LogP contribution in [0.15, 0.2) is 36.5 Å². The number of aryl methyl sites for hydroxylation is 1. The van der Waals surface area contributed by atoms with Gasteiger partial charge in [-0.15, -0.1) is 5.10 Å². The summed E-state index contributed by atoms with van der Waals surface area (Å²) in [5.41, 5.74) is 8.32. The van der Waals surface area contributed by atoms with E-state index in [4.69, 9.17) is 14.9 Å². The molecule has 1 fully saturated rings. The van der Waals surface area contributed by atoms with Gasteiger partial charge in [-0.1, -0.05) is 30.5 Å². The number of carboxylic acid groups (broad SMARTS) is 1. The first-order valence-electron chi connectivity index (χ1n) is 10.2. The number of aromatic nitrogens is 6. The summed E-state index contributed by atoms with van der Waals surface area (Å²) in [6, 6.07) is 10.6. The molecule has 0 atom stereocenters. The first-order chi connectivity index (χ1) is 15.0. The van der Waals surface area contributed by atoms with Crippen molar-refractivity contribution in [3.8, 4) is 5.69 Å². The predicted octanol–water partition coefficient (Wildman–Crippen LogP) is 3.43. The molecule has 0 aliphatic heterocycles. The third-order valence-corrected chi connectivity index (χ3v) is 5.19. The molecule has 160 valence electrons. The van der Waals surface area contributed by atoms with Gasteiger partial charge in [0.05, 0.1) is 17.4 Å². The predicted molar refractivity (Wildman–Crippen MR) is 117 cm³/mol. The van der Waals surface area contributed by atoms with Gasteiger partial charge in [0.15, 0.2) is 11.2 Å². The number of anilines is 1. The van der Waals surface area contributed by atoms with Crippen LogP contribution in [-0.2, 0) is 0 Å². The minimum absolute atomic E-state index is 0.454. The van der Waals surface area contributed by atoms with E-state index in [0.29, 0.717) is 23.2 Å². The van der Waals surface area contributed by atoms with E-state index in [0.717, 1.165) is 22.3 Å². The van der Waals surface area contributed by atoms with Crippen LogP contribution in [0.5, 0.6) is 0 Å². The van der Waals surface area contributed by atoms with Gasteiger partial charge < -0.3 is 16.2 Å². The van der Waals surface area contributed by atoms with Crippen molar-refractivity contribution in [2.24, 2.45) is 5.73 Å². The van der Waals surface area contributed by atoms with Crippen LogP contribution in [0.2, 0.25) is 0 Å². The number of pyridine rings is 1. The number of nitrogens with zero attached hydrogens (tertiary/aromatic N) is 6. The second-order valence-electron chi connectivity index (χ2n) is 7.55. The summed E-state index contributed by atoms with van der Waals surface area (Å²) in [7, 11) is 0. The van der Waals surface area contributed by atoms with Crippen LogP contribution in [0.4, 0.5) is 10.7 Å². The van der Waals surface area contributed by atoms with Crippen LogP contribution in [0.3, 0.4) is 0 Å². The SMILES string of the molecule is Cc1ccc2cc(-n3nnc4cnc(NC5CCCCC5)nc43)ccc2n1.NC(=O)O. The van der Waals surface area contributed by atoms with Crippen LogP contribution in [0.1, 0.15) is 37.8 Å². The fourth-order valence-electron chi connectivity index (χ4n) is 3.75. The maximum atomic E-state index is 8.78. The maximum Gasteiger partial charge on any atom is 0.402 e. The fourth-order valence-corrected chi connectivity index (χ4v) is 3.75. The number of hydrogen-bond acceptors (Lipinski definition) is 7. The molecule has 3 heterocycles. The monoisotopic (exact) mass is 420 g/mol. The van der Waals surface area contributed by atoms with E-state index < -0.39 is 6.09 Å². The van der Waals surface area contributed by atoms with E-state index in [2.05, 4.69) is 43.5 Å². The number of amides is 1. The van der Waals surface area contributed by atoms with Crippen LogP contribution in [0, 0.1) is 6.92 Å². The van der Waals surface area contributed by atoms with Crippen molar-refractivity contribution in [2.45, 2.75) is 45.1 Å². The zero-order valence-corrected chi connectivity index (χ0v) is 17.2. The molecule has 0 radical (unpaired) electrons. The minimum Gasteiger partial charge on any atom is -0.465 e. The standard InChI is InChI=1S/C20H21N7.CH3NO2/c1-13-7-8-14-11-16(9-10-17(14)22-13)27-19-18(25-26-27)12-21-20(24-19)23-15-5-3-2-4-6-15;2-1(3)4/h7-12,15H,2-6H2,1H3,(H,21,23,24);2H2,(H,3,4). The Kier molecular flexibility index (Phi) is 5.87. The molecule has 1 aliphatic rings. The summed E-state index contributed by atoms with van der Waals surface area (Å²) in [4.78, 5) is 22.5. The largest absolute Gasteiger partial charge is 0.465 e. The van der Waals surface area contributed by atoms with Gasteiger partial charge in [-0.3, -0.25) is 4.98 Å². The lowest BCUT2D eigenvalue weighted by Gasteiger charge is -2.22. The molecule has 1 saturated carbocycles. The Morgan fingerprint density at radius 2 is 1.90 bits per heavy atom. The Balaban J connectivity index is 0.000000535. The van der Waals surface area contributed by atoms with Crippen molar-refractivity contribution in [1.82, 2.24) is 29.9 Å². The normalized spacial score (nSPS) is 14.2. The van der Waals surface area contributed by atoms with Gasteiger partial charge in [-0.25, -0.2) is 9.78 Å². The Morgan fingerprint density at radius 3 is 2.68 bits per heavy atom. The molecule has 0 bridgehead atoms. The first-order valence-corrected chi connectivity index (χ1v) is 10.2. The molecule has 4 aromatic rings. The van der Waals surface area contributed by atoms with Gasteiger partial charge >= 0.3 is 6.09 Å². The minimum atomic E-state index is -1.33. The molecule has 10 nitrogen and oxygen atoms in total. The number of benzene rings is 1. The molecule has 4 N–H and O–H groups in total. The van der Waals surface area contributed by atoms with Crippen LogP contribution >= 0.6 is 0 Å². The lowest BCUT2D eigenvalue weighted by atomic mass is 9.96. The summed E-state index contributed by atoms with van der Waals surface area (Å²) in [5, 5.41) is 20.3. The number of rotatable bonds is 3. The highest BCUT2D eigenvalue weighted by molar-refractivity contribution is 5.82. The fraction of sp³-hybridized carbons (Fsp3) is 0.333. The Bertz CT molecular complexity index is 1210. The average molecular weight is 420 g/mol. The maximum absolute atomic E-state index is 8.78. The topological polar surface area (TPSA) is 145 Å². The number of primary amides is 1. The second kappa shape index (κ2) is 8.90.